The van der Waals surface area contributed by atoms with Crippen molar-refractivity contribution in [3.63, 3.8) is 0 Å². The minimum absolute atomic E-state index is 0.482. The minimum Gasteiger partial charge on any atom is -0.378 e. The van der Waals surface area contributed by atoms with Crippen LogP contribution in [-0.4, -0.2) is 19.3 Å². The molecule has 1 N–H and O–H groups in total. The quantitative estimate of drug-likeness (QED) is 0.840. The third-order valence-electron chi connectivity index (χ3n) is 5.07. The lowest BCUT2D eigenvalue weighted by atomic mass is 9.94. The third kappa shape index (κ3) is 3.26. The van der Waals surface area contributed by atoms with E-state index in [1.807, 2.05) is 11.3 Å². The lowest BCUT2D eigenvalue weighted by Gasteiger charge is -2.26. The summed E-state index contributed by atoms with van der Waals surface area (Å²) in [5, 5.41) is 6.12. The molecule has 1 aromatic rings. The molecule has 2 aliphatic rings. The van der Waals surface area contributed by atoms with Gasteiger partial charge in [0.25, 0.3) is 0 Å². The summed E-state index contributed by atoms with van der Waals surface area (Å²) < 4.78 is 5.83. The predicted molar refractivity (Wildman–Crippen MR) is 85.2 cm³/mol. The molecule has 1 aliphatic carbocycles. The molecule has 3 atom stereocenters. The molecule has 3 heteroatoms. The second-order valence-corrected chi connectivity index (χ2v) is 7.29. The monoisotopic (exact) mass is 293 g/mol. The van der Waals surface area contributed by atoms with Crippen molar-refractivity contribution in [2.75, 3.05) is 13.2 Å². The van der Waals surface area contributed by atoms with Crippen molar-refractivity contribution in [1.82, 2.24) is 5.32 Å². The van der Waals surface area contributed by atoms with Gasteiger partial charge in [-0.1, -0.05) is 25.8 Å². The molecule has 1 saturated heterocycles. The van der Waals surface area contributed by atoms with Crippen LogP contribution in [0, 0.1) is 11.8 Å². The van der Waals surface area contributed by atoms with Gasteiger partial charge in [-0.15, -0.1) is 11.3 Å². The summed E-state index contributed by atoms with van der Waals surface area (Å²) in [5.74, 6) is 1.56. The number of thiophene rings is 1. The van der Waals surface area contributed by atoms with Gasteiger partial charge in [-0.05, 0) is 49.0 Å². The van der Waals surface area contributed by atoms with Gasteiger partial charge >= 0.3 is 0 Å². The molecule has 0 aromatic carbocycles. The number of nitrogens with one attached hydrogen (secondary N) is 1. The first-order valence-electron chi connectivity index (χ1n) is 8.27. The molecule has 2 heterocycles. The smallest absolute Gasteiger partial charge is 0.0613 e. The Morgan fingerprint density at radius 2 is 2.20 bits per heavy atom. The topological polar surface area (TPSA) is 21.3 Å². The van der Waals surface area contributed by atoms with E-state index < -0.39 is 0 Å². The zero-order valence-electron chi connectivity index (χ0n) is 12.5. The number of rotatable bonds is 6. The van der Waals surface area contributed by atoms with Crippen LogP contribution in [0.2, 0.25) is 0 Å². The third-order valence-corrected chi connectivity index (χ3v) is 6.03. The first kappa shape index (κ1) is 14.6. The second kappa shape index (κ2) is 7.06. The van der Waals surface area contributed by atoms with Gasteiger partial charge in [0, 0.05) is 24.1 Å². The van der Waals surface area contributed by atoms with Crippen LogP contribution < -0.4 is 5.32 Å². The molecule has 20 heavy (non-hydrogen) atoms. The van der Waals surface area contributed by atoms with Gasteiger partial charge in [-0.25, -0.2) is 0 Å². The molecule has 3 rings (SSSR count). The van der Waals surface area contributed by atoms with Gasteiger partial charge in [0.1, 0.15) is 0 Å². The number of ether oxygens (including phenoxy) is 1. The highest BCUT2D eigenvalue weighted by Crippen LogP contribution is 2.37. The molecule has 1 aliphatic heterocycles. The highest BCUT2D eigenvalue weighted by Gasteiger charge is 2.30. The number of hydrogen-bond acceptors (Lipinski definition) is 3. The van der Waals surface area contributed by atoms with Crippen LogP contribution in [0.1, 0.15) is 56.4 Å². The van der Waals surface area contributed by atoms with E-state index in [0.29, 0.717) is 18.1 Å². The molecule has 0 amide bonds. The fourth-order valence-corrected chi connectivity index (χ4v) is 4.81. The van der Waals surface area contributed by atoms with Gasteiger partial charge in [0.05, 0.1) is 6.10 Å². The van der Waals surface area contributed by atoms with Crippen molar-refractivity contribution >= 4 is 11.3 Å². The summed E-state index contributed by atoms with van der Waals surface area (Å²) in [4.78, 5) is 1.53. The fraction of sp³-hybridized carbons (Fsp3) is 0.765. The molecule has 0 spiro atoms. The van der Waals surface area contributed by atoms with E-state index in [9.17, 15) is 0 Å². The molecule has 2 fully saturated rings. The SMILES string of the molecule is CCC1OCCC1CNC(c1cccs1)C1CCCC1. The molecular formula is C17H27NOS. The standard InChI is InChI=1S/C17H27NOS/c1-2-15-14(9-10-19-15)12-18-17(13-6-3-4-7-13)16-8-5-11-20-16/h5,8,11,13-15,17-18H,2-4,6-7,9-10,12H2,1H3. The van der Waals surface area contributed by atoms with E-state index in [1.54, 1.807) is 0 Å². The lowest BCUT2D eigenvalue weighted by molar-refractivity contribution is 0.0860. The first-order valence-corrected chi connectivity index (χ1v) is 9.15. The minimum atomic E-state index is 0.482. The molecule has 3 unspecified atom stereocenters. The maximum absolute atomic E-state index is 5.83. The average Bonchev–Trinajstić information content (AvgIpc) is 3.22. The lowest BCUT2D eigenvalue weighted by Crippen LogP contribution is -2.33. The van der Waals surface area contributed by atoms with Gasteiger partial charge in [0.15, 0.2) is 0 Å². The summed E-state index contributed by atoms with van der Waals surface area (Å²) in [7, 11) is 0. The Bertz CT molecular complexity index is 386. The van der Waals surface area contributed by atoms with Crippen LogP contribution in [-0.2, 0) is 4.74 Å². The van der Waals surface area contributed by atoms with Gasteiger partial charge in [-0.3, -0.25) is 0 Å². The first-order chi connectivity index (χ1) is 9.88. The Kier molecular flexibility index (Phi) is 5.14. The van der Waals surface area contributed by atoms with Gasteiger partial charge in [-0.2, -0.15) is 0 Å². The van der Waals surface area contributed by atoms with Crippen LogP contribution in [0.25, 0.3) is 0 Å². The molecule has 2 nitrogen and oxygen atoms in total. The van der Waals surface area contributed by atoms with Crippen molar-refractivity contribution in [2.45, 2.75) is 57.6 Å². The summed E-state index contributed by atoms with van der Waals surface area (Å²) in [5.41, 5.74) is 0. The summed E-state index contributed by atoms with van der Waals surface area (Å²) >= 11 is 1.91. The van der Waals surface area contributed by atoms with Crippen LogP contribution in [0.3, 0.4) is 0 Å². The summed E-state index contributed by atoms with van der Waals surface area (Å²) in [6, 6.07) is 5.08. The summed E-state index contributed by atoms with van der Waals surface area (Å²) in [6.45, 7) is 4.33. The van der Waals surface area contributed by atoms with Crippen molar-refractivity contribution in [3.8, 4) is 0 Å². The Hall–Kier alpha value is -0.380. The molecule has 0 bridgehead atoms. The van der Waals surface area contributed by atoms with Crippen LogP contribution in [0.15, 0.2) is 17.5 Å². The van der Waals surface area contributed by atoms with E-state index in [4.69, 9.17) is 4.74 Å². The average molecular weight is 293 g/mol. The number of hydrogen-bond donors (Lipinski definition) is 1. The predicted octanol–water partition coefficient (Wildman–Crippen LogP) is 4.38. The Labute approximate surface area is 126 Å². The van der Waals surface area contributed by atoms with Gasteiger partial charge < -0.3 is 10.1 Å². The molecule has 1 aromatic heterocycles. The molecule has 0 radical (unpaired) electrons. The van der Waals surface area contributed by atoms with E-state index in [1.165, 1.54) is 37.0 Å². The van der Waals surface area contributed by atoms with Crippen molar-refractivity contribution in [1.29, 1.82) is 0 Å². The second-order valence-electron chi connectivity index (χ2n) is 6.31. The van der Waals surface area contributed by atoms with Gasteiger partial charge in [0.2, 0.25) is 0 Å². The van der Waals surface area contributed by atoms with E-state index >= 15 is 0 Å². The highest BCUT2D eigenvalue weighted by atomic mass is 32.1. The molecule has 1 saturated carbocycles. The fourth-order valence-electron chi connectivity index (χ4n) is 3.91. The Morgan fingerprint density at radius 3 is 2.90 bits per heavy atom. The summed E-state index contributed by atoms with van der Waals surface area (Å²) in [6.07, 6.45) is 8.49. The van der Waals surface area contributed by atoms with E-state index in [0.717, 1.165) is 25.5 Å². The zero-order valence-corrected chi connectivity index (χ0v) is 13.3. The van der Waals surface area contributed by atoms with Crippen molar-refractivity contribution < 1.29 is 4.74 Å². The molecule has 112 valence electrons. The van der Waals surface area contributed by atoms with E-state index in [2.05, 4.69) is 29.8 Å². The normalized spacial score (nSPS) is 29.1. The Balaban J connectivity index is 1.61. The molecular weight excluding hydrogens is 266 g/mol. The largest absolute Gasteiger partial charge is 0.378 e. The van der Waals surface area contributed by atoms with Crippen LogP contribution >= 0.6 is 11.3 Å². The zero-order chi connectivity index (χ0) is 13.8. The van der Waals surface area contributed by atoms with Crippen molar-refractivity contribution in [2.24, 2.45) is 11.8 Å². The van der Waals surface area contributed by atoms with Crippen LogP contribution in [0.4, 0.5) is 0 Å². The van der Waals surface area contributed by atoms with Crippen molar-refractivity contribution in [3.05, 3.63) is 22.4 Å². The van der Waals surface area contributed by atoms with Crippen LogP contribution in [0.5, 0.6) is 0 Å². The van der Waals surface area contributed by atoms with E-state index in [-0.39, 0.29) is 0 Å². The highest BCUT2D eigenvalue weighted by molar-refractivity contribution is 7.10. The Morgan fingerprint density at radius 1 is 1.35 bits per heavy atom. The maximum atomic E-state index is 5.83. The maximum Gasteiger partial charge on any atom is 0.0613 e.